The zero-order valence-corrected chi connectivity index (χ0v) is 18.5. The molecule has 154 valence electrons. The minimum absolute atomic E-state index is 0. The summed E-state index contributed by atoms with van der Waals surface area (Å²) in [6.45, 7) is 5.57. The molecule has 0 heterocycles. The normalized spacial score (nSPS) is 13.4. The summed E-state index contributed by atoms with van der Waals surface area (Å²) < 4.78 is 26.5. The van der Waals surface area contributed by atoms with E-state index in [-0.39, 0.29) is 42.4 Å². The molecule has 2 rings (SSSR count). The highest BCUT2D eigenvalue weighted by molar-refractivity contribution is 14.0. The number of aliphatic hydroxyl groups is 1. The summed E-state index contributed by atoms with van der Waals surface area (Å²) in [4.78, 5) is 4.54. The highest BCUT2D eigenvalue weighted by Gasteiger charge is 2.12. The third-order valence-corrected chi connectivity index (χ3v) is 4.39. The van der Waals surface area contributed by atoms with Gasteiger partial charge in [-0.2, -0.15) is 0 Å². The van der Waals surface area contributed by atoms with Gasteiger partial charge in [-0.15, -0.1) is 24.0 Å². The van der Waals surface area contributed by atoms with E-state index in [1.807, 2.05) is 44.2 Å². The van der Waals surface area contributed by atoms with E-state index in [2.05, 4.69) is 15.6 Å². The third kappa shape index (κ3) is 7.35. The second-order valence-corrected chi connectivity index (χ2v) is 6.47. The van der Waals surface area contributed by atoms with Crippen LogP contribution in [0.25, 0.3) is 0 Å². The molecule has 0 amide bonds. The van der Waals surface area contributed by atoms with Gasteiger partial charge in [-0.1, -0.05) is 43.3 Å². The first-order chi connectivity index (χ1) is 13.0. The minimum Gasteiger partial charge on any atom is -0.396 e. The van der Waals surface area contributed by atoms with E-state index >= 15 is 0 Å². The maximum atomic E-state index is 13.4. The molecule has 0 bridgehead atoms. The Balaban J connectivity index is 0.00000392. The van der Waals surface area contributed by atoms with Gasteiger partial charge in [-0.25, -0.2) is 8.78 Å². The van der Waals surface area contributed by atoms with Crippen LogP contribution in [0.1, 0.15) is 36.8 Å². The lowest BCUT2D eigenvalue weighted by Gasteiger charge is -2.18. The van der Waals surface area contributed by atoms with Gasteiger partial charge in [-0.3, -0.25) is 4.99 Å². The fourth-order valence-electron chi connectivity index (χ4n) is 2.73. The van der Waals surface area contributed by atoms with Crippen molar-refractivity contribution in [1.82, 2.24) is 10.6 Å². The van der Waals surface area contributed by atoms with Crippen LogP contribution in [-0.2, 0) is 0 Å². The van der Waals surface area contributed by atoms with E-state index in [1.165, 1.54) is 6.07 Å². The largest absolute Gasteiger partial charge is 0.396 e. The number of nitrogens with zero attached hydrogens (tertiary/aromatic N) is 1. The van der Waals surface area contributed by atoms with Crippen molar-refractivity contribution in [3.05, 3.63) is 71.3 Å². The lowest BCUT2D eigenvalue weighted by molar-refractivity contribution is 0.265. The van der Waals surface area contributed by atoms with Crippen LogP contribution in [0.2, 0.25) is 0 Å². The molecule has 0 saturated carbocycles. The highest BCUT2D eigenvalue weighted by atomic mass is 127. The lowest BCUT2D eigenvalue weighted by atomic mass is 10.0. The fraction of sp³-hybridized carbons (Fsp3) is 0.381. The molecule has 3 N–H and O–H groups in total. The van der Waals surface area contributed by atoms with Crippen molar-refractivity contribution in [3.8, 4) is 0 Å². The number of guanidine groups is 1. The van der Waals surface area contributed by atoms with Crippen LogP contribution in [0.15, 0.2) is 53.5 Å². The molecule has 0 fully saturated rings. The fourth-order valence-corrected chi connectivity index (χ4v) is 2.73. The summed E-state index contributed by atoms with van der Waals surface area (Å²) in [6.07, 6.45) is 0. The average Bonchev–Trinajstić information content (AvgIpc) is 2.69. The number of aliphatic imine (C=N–C) groups is 1. The summed E-state index contributed by atoms with van der Waals surface area (Å²) in [5.41, 5.74) is 1.75. The number of nitrogens with one attached hydrogen (secondary N) is 2. The van der Waals surface area contributed by atoms with Crippen molar-refractivity contribution in [2.45, 2.75) is 25.7 Å². The molecule has 28 heavy (non-hydrogen) atoms. The number of benzene rings is 2. The molecule has 2 unspecified atom stereocenters. The molecule has 4 nitrogen and oxygen atoms in total. The van der Waals surface area contributed by atoms with Gasteiger partial charge in [0.2, 0.25) is 0 Å². The van der Waals surface area contributed by atoms with Gasteiger partial charge in [0.15, 0.2) is 17.6 Å². The van der Waals surface area contributed by atoms with Crippen molar-refractivity contribution in [3.63, 3.8) is 0 Å². The van der Waals surface area contributed by atoms with Crippen molar-refractivity contribution in [1.29, 1.82) is 0 Å². The second kappa shape index (κ2) is 12.7. The number of rotatable bonds is 8. The number of aliphatic hydroxyl groups excluding tert-OH is 1. The van der Waals surface area contributed by atoms with Crippen LogP contribution >= 0.6 is 24.0 Å². The SMILES string of the molecule is CCNC(=NCC(C)c1ccc(F)c(F)c1)NCC(CO)c1ccccc1.I. The highest BCUT2D eigenvalue weighted by Crippen LogP contribution is 2.18. The molecule has 0 saturated heterocycles. The zero-order chi connectivity index (χ0) is 19.6. The smallest absolute Gasteiger partial charge is 0.191 e. The first-order valence-electron chi connectivity index (χ1n) is 9.18. The van der Waals surface area contributed by atoms with Crippen molar-refractivity contribution in [2.75, 3.05) is 26.2 Å². The van der Waals surface area contributed by atoms with Crippen LogP contribution in [0.5, 0.6) is 0 Å². The van der Waals surface area contributed by atoms with Crippen LogP contribution in [0.4, 0.5) is 8.78 Å². The van der Waals surface area contributed by atoms with Gasteiger partial charge < -0.3 is 15.7 Å². The van der Waals surface area contributed by atoms with Gasteiger partial charge in [-0.05, 0) is 30.2 Å². The van der Waals surface area contributed by atoms with Gasteiger partial charge in [0.05, 0.1) is 6.61 Å². The van der Waals surface area contributed by atoms with Crippen molar-refractivity contribution >= 4 is 29.9 Å². The zero-order valence-electron chi connectivity index (χ0n) is 16.2. The average molecular weight is 503 g/mol. The molecule has 0 aromatic heterocycles. The Morgan fingerprint density at radius 1 is 1.04 bits per heavy atom. The van der Waals surface area contributed by atoms with Crippen molar-refractivity contribution in [2.24, 2.45) is 4.99 Å². The molecule has 0 aliphatic rings. The van der Waals surface area contributed by atoms with E-state index in [0.717, 1.165) is 11.6 Å². The van der Waals surface area contributed by atoms with Gasteiger partial charge in [0, 0.05) is 31.5 Å². The molecule has 0 radical (unpaired) electrons. The predicted molar refractivity (Wildman–Crippen MR) is 120 cm³/mol. The van der Waals surface area contributed by atoms with Crippen LogP contribution in [0, 0.1) is 11.6 Å². The topological polar surface area (TPSA) is 56.7 Å². The molecule has 0 aliphatic heterocycles. The lowest BCUT2D eigenvalue weighted by Crippen LogP contribution is -2.40. The Kier molecular flexibility index (Phi) is 11.0. The Bertz CT molecular complexity index is 744. The Labute approximate surface area is 182 Å². The van der Waals surface area contributed by atoms with Gasteiger partial charge in [0.25, 0.3) is 0 Å². The molecule has 2 atom stereocenters. The van der Waals surface area contributed by atoms with E-state index in [4.69, 9.17) is 0 Å². The third-order valence-electron chi connectivity index (χ3n) is 4.39. The summed E-state index contributed by atoms with van der Waals surface area (Å²) in [6, 6.07) is 13.7. The molecule has 0 aliphatic carbocycles. The second-order valence-electron chi connectivity index (χ2n) is 6.47. The van der Waals surface area contributed by atoms with Crippen molar-refractivity contribution < 1.29 is 13.9 Å². The molecule has 2 aromatic carbocycles. The summed E-state index contributed by atoms with van der Waals surface area (Å²) >= 11 is 0. The first-order valence-corrected chi connectivity index (χ1v) is 9.18. The van der Waals surface area contributed by atoms with Crippen LogP contribution < -0.4 is 10.6 Å². The Morgan fingerprint density at radius 3 is 2.36 bits per heavy atom. The quantitative estimate of drug-likeness (QED) is 0.290. The molecule has 7 heteroatoms. The monoisotopic (exact) mass is 503 g/mol. The minimum atomic E-state index is -0.847. The first kappa shape index (κ1) is 24.3. The maximum Gasteiger partial charge on any atom is 0.191 e. The van der Waals surface area contributed by atoms with E-state index in [0.29, 0.717) is 31.2 Å². The number of hydrogen-bond donors (Lipinski definition) is 3. The molecular weight excluding hydrogens is 475 g/mol. The maximum absolute atomic E-state index is 13.4. The van der Waals surface area contributed by atoms with Gasteiger partial charge >= 0.3 is 0 Å². The summed E-state index contributed by atoms with van der Waals surface area (Å²) in [5, 5.41) is 16.1. The predicted octanol–water partition coefficient (Wildman–Crippen LogP) is 4.02. The summed E-state index contributed by atoms with van der Waals surface area (Å²) in [5.74, 6) is -1.17. The Morgan fingerprint density at radius 2 is 1.75 bits per heavy atom. The number of halogens is 3. The van der Waals surface area contributed by atoms with E-state index < -0.39 is 11.6 Å². The van der Waals surface area contributed by atoms with E-state index in [9.17, 15) is 13.9 Å². The standard InChI is InChI=1S/C21H27F2N3O.HI/c1-3-24-21(26-13-18(14-27)16-7-5-4-6-8-16)25-12-15(2)17-9-10-19(22)20(23)11-17;/h4-11,15,18,27H,3,12-14H2,1-2H3,(H2,24,25,26);1H. The van der Waals surface area contributed by atoms with Crippen LogP contribution in [-0.4, -0.2) is 37.3 Å². The molecule has 2 aromatic rings. The van der Waals surface area contributed by atoms with Gasteiger partial charge in [0.1, 0.15) is 0 Å². The number of hydrogen-bond acceptors (Lipinski definition) is 2. The van der Waals surface area contributed by atoms with E-state index in [1.54, 1.807) is 6.07 Å². The molecular formula is C21H28F2IN3O. The van der Waals surface area contributed by atoms with Crippen LogP contribution in [0.3, 0.4) is 0 Å². The molecule has 0 spiro atoms. The Hall–Kier alpha value is -1.74. The summed E-state index contributed by atoms with van der Waals surface area (Å²) in [7, 11) is 0.